The number of nitrogens with zero attached hydrogens (tertiary/aromatic N) is 1. The molecule has 0 aromatic rings. The monoisotopic (exact) mass is 229 g/mol. The first kappa shape index (κ1) is 14.9. The highest BCUT2D eigenvalue weighted by atomic mass is 16.5. The molecule has 0 bridgehead atoms. The number of amides is 1. The maximum Gasteiger partial charge on any atom is 0.325 e. The Balaban J connectivity index is 4.29. The van der Waals surface area contributed by atoms with Gasteiger partial charge in [0.2, 0.25) is 5.91 Å². The number of hydrogen-bond donors (Lipinski definition) is 0. The minimum absolute atomic E-state index is 0.0409. The highest BCUT2D eigenvalue weighted by Gasteiger charge is 2.21. The highest BCUT2D eigenvalue weighted by molar-refractivity contribution is 5.83. The predicted octanol–water partition coefficient (Wildman–Crippen LogP) is 1.83. The van der Waals surface area contributed by atoms with Crippen molar-refractivity contribution < 1.29 is 14.3 Å². The Morgan fingerprint density at radius 3 is 2.06 bits per heavy atom. The first-order chi connectivity index (χ1) is 7.56. The molecule has 0 saturated heterocycles. The van der Waals surface area contributed by atoms with Crippen molar-refractivity contribution in [2.45, 2.75) is 39.5 Å². The number of carbonyl (C=O) groups excluding carboxylic acids is 2. The summed E-state index contributed by atoms with van der Waals surface area (Å²) in [6.07, 6.45) is 3.75. The number of esters is 1. The smallest absolute Gasteiger partial charge is 0.325 e. The van der Waals surface area contributed by atoms with Crippen LogP contribution in [0.5, 0.6) is 0 Å². The molecular formula is C12H23NO3. The predicted molar refractivity (Wildman–Crippen MR) is 63.0 cm³/mol. The fraction of sp³-hybridized carbons (Fsp3) is 0.833. The van der Waals surface area contributed by atoms with Crippen LogP contribution in [0.15, 0.2) is 0 Å². The molecule has 0 aliphatic rings. The zero-order valence-electron chi connectivity index (χ0n) is 10.8. The van der Waals surface area contributed by atoms with E-state index in [4.69, 9.17) is 0 Å². The van der Waals surface area contributed by atoms with Gasteiger partial charge >= 0.3 is 5.97 Å². The lowest BCUT2D eigenvalue weighted by atomic mass is 9.97. The van der Waals surface area contributed by atoms with Gasteiger partial charge in [-0.05, 0) is 12.8 Å². The van der Waals surface area contributed by atoms with Gasteiger partial charge in [0.05, 0.1) is 7.11 Å². The van der Waals surface area contributed by atoms with E-state index in [-0.39, 0.29) is 24.3 Å². The summed E-state index contributed by atoms with van der Waals surface area (Å²) in [5.74, 6) is -0.277. The summed E-state index contributed by atoms with van der Waals surface area (Å²) in [7, 11) is 2.98. The summed E-state index contributed by atoms with van der Waals surface area (Å²) >= 11 is 0. The number of hydrogen-bond acceptors (Lipinski definition) is 3. The average molecular weight is 229 g/mol. The SMILES string of the molecule is CCCC(CCC)C(=O)N(C)CC(=O)OC. The molecule has 1 amide bonds. The fourth-order valence-electron chi connectivity index (χ4n) is 1.74. The van der Waals surface area contributed by atoms with Crippen molar-refractivity contribution >= 4 is 11.9 Å². The molecule has 0 radical (unpaired) electrons. The van der Waals surface area contributed by atoms with E-state index in [0.29, 0.717) is 0 Å². The molecule has 0 spiro atoms. The Morgan fingerprint density at radius 1 is 1.19 bits per heavy atom. The molecule has 4 nitrogen and oxygen atoms in total. The molecule has 0 atom stereocenters. The van der Waals surface area contributed by atoms with E-state index in [1.807, 2.05) is 0 Å². The second kappa shape index (κ2) is 8.13. The zero-order valence-corrected chi connectivity index (χ0v) is 10.8. The average Bonchev–Trinajstić information content (AvgIpc) is 2.27. The van der Waals surface area contributed by atoms with E-state index in [9.17, 15) is 9.59 Å². The molecule has 0 aromatic carbocycles. The molecule has 0 fully saturated rings. The second-order valence-corrected chi connectivity index (χ2v) is 4.04. The van der Waals surface area contributed by atoms with Gasteiger partial charge < -0.3 is 9.64 Å². The maximum absolute atomic E-state index is 12.0. The van der Waals surface area contributed by atoms with Crippen molar-refractivity contribution in [2.24, 2.45) is 5.92 Å². The van der Waals surface area contributed by atoms with Gasteiger partial charge in [-0.15, -0.1) is 0 Å². The Morgan fingerprint density at radius 2 is 1.69 bits per heavy atom. The van der Waals surface area contributed by atoms with Gasteiger partial charge in [0.1, 0.15) is 6.54 Å². The lowest BCUT2D eigenvalue weighted by Gasteiger charge is -2.22. The van der Waals surface area contributed by atoms with Crippen molar-refractivity contribution in [1.82, 2.24) is 4.90 Å². The number of carbonyl (C=O) groups is 2. The van der Waals surface area contributed by atoms with Gasteiger partial charge in [-0.3, -0.25) is 9.59 Å². The van der Waals surface area contributed by atoms with E-state index in [2.05, 4.69) is 18.6 Å². The minimum atomic E-state index is -0.373. The summed E-state index contributed by atoms with van der Waals surface area (Å²) in [6, 6.07) is 0. The third-order valence-corrected chi connectivity index (χ3v) is 2.59. The molecule has 94 valence electrons. The normalized spacial score (nSPS) is 10.3. The second-order valence-electron chi connectivity index (χ2n) is 4.04. The lowest BCUT2D eigenvalue weighted by molar-refractivity contribution is -0.147. The molecule has 4 heteroatoms. The van der Waals surface area contributed by atoms with Crippen LogP contribution in [0.1, 0.15) is 39.5 Å². The summed E-state index contributed by atoms with van der Waals surface area (Å²) in [4.78, 5) is 24.5. The van der Waals surface area contributed by atoms with Crippen LogP contribution in [0.2, 0.25) is 0 Å². The van der Waals surface area contributed by atoms with Crippen molar-refractivity contribution in [3.05, 3.63) is 0 Å². The van der Waals surface area contributed by atoms with Crippen LogP contribution in [-0.2, 0) is 14.3 Å². The van der Waals surface area contributed by atoms with Gasteiger partial charge in [-0.2, -0.15) is 0 Å². The van der Waals surface area contributed by atoms with Gasteiger partial charge in [-0.25, -0.2) is 0 Å². The Kier molecular flexibility index (Phi) is 7.60. The summed E-state index contributed by atoms with van der Waals surface area (Å²) in [5, 5.41) is 0. The Labute approximate surface area is 98.0 Å². The molecular weight excluding hydrogens is 206 g/mol. The third kappa shape index (κ3) is 5.14. The van der Waals surface area contributed by atoms with Crippen LogP contribution in [-0.4, -0.2) is 37.5 Å². The molecule has 0 unspecified atom stereocenters. The van der Waals surface area contributed by atoms with E-state index < -0.39 is 0 Å². The Bertz CT molecular complexity index is 222. The van der Waals surface area contributed by atoms with E-state index in [1.54, 1.807) is 7.05 Å². The van der Waals surface area contributed by atoms with Crippen LogP contribution in [0, 0.1) is 5.92 Å². The van der Waals surface area contributed by atoms with Gasteiger partial charge in [0, 0.05) is 13.0 Å². The van der Waals surface area contributed by atoms with Gasteiger partial charge in [0.25, 0.3) is 0 Å². The van der Waals surface area contributed by atoms with Crippen LogP contribution >= 0.6 is 0 Å². The Hall–Kier alpha value is -1.06. The van der Waals surface area contributed by atoms with E-state index >= 15 is 0 Å². The quantitative estimate of drug-likeness (QED) is 0.626. The topological polar surface area (TPSA) is 46.6 Å². The molecule has 0 aliphatic heterocycles. The fourth-order valence-corrected chi connectivity index (χ4v) is 1.74. The largest absolute Gasteiger partial charge is 0.468 e. The first-order valence-corrected chi connectivity index (χ1v) is 5.88. The third-order valence-electron chi connectivity index (χ3n) is 2.59. The highest BCUT2D eigenvalue weighted by Crippen LogP contribution is 2.16. The number of rotatable bonds is 7. The van der Waals surface area contributed by atoms with Crippen LogP contribution in [0.4, 0.5) is 0 Å². The molecule has 16 heavy (non-hydrogen) atoms. The molecule has 0 saturated carbocycles. The van der Waals surface area contributed by atoms with Crippen LogP contribution in [0.25, 0.3) is 0 Å². The standard InChI is InChI=1S/C12H23NO3/c1-5-7-10(8-6-2)12(15)13(3)9-11(14)16-4/h10H,5-9H2,1-4H3. The molecule has 0 rings (SSSR count). The van der Waals surface area contributed by atoms with Crippen molar-refractivity contribution in [3.63, 3.8) is 0 Å². The molecule has 0 N–H and O–H groups in total. The minimum Gasteiger partial charge on any atom is -0.468 e. The summed E-state index contributed by atoms with van der Waals surface area (Å²) in [6.45, 7) is 4.17. The van der Waals surface area contributed by atoms with Crippen LogP contribution < -0.4 is 0 Å². The van der Waals surface area contributed by atoms with Gasteiger partial charge in [0.15, 0.2) is 0 Å². The number of likely N-dealkylation sites (N-methyl/N-ethyl adjacent to an activating group) is 1. The summed E-state index contributed by atoms with van der Waals surface area (Å²) in [5.41, 5.74) is 0. The lowest BCUT2D eigenvalue weighted by Crippen LogP contribution is -2.37. The maximum atomic E-state index is 12.0. The molecule has 0 heterocycles. The zero-order chi connectivity index (χ0) is 12.6. The van der Waals surface area contributed by atoms with Crippen molar-refractivity contribution in [1.29, 1.82) is 0 Å². The number of methoxy groups -OCH3 is 1. The van der Waals surface area contributed by atoms with Crippen molar-refractivity contribution in [3.8, 4) is 0 Å². The molecule has 0 aliphatic carbocycles. The summed E-state index contributed by atoms with van der Waals surface area (Å²) < 4.78 is 4.54. The van der Waals surface area contributed by atoms with E-state index in [0.717, 1.165) is 25.7 Å². The van der Waals surface area contributed by atoms with Crippen molar-refractivity contribution in [2.75, 3.05) is 20.7 Å². The van der Waals surface area contributed by atoms with Crippen LogP contribution in [0.3, 0.4) is 0 Å². The van der Waals surface area contributed by atoms with E-state index in [1.165, 1.54) is 12.0 Å². The number of ether oxygens (including phenoxy) is 1. The first-order valence-electron chi connectivity index (χ1n) is 5.88. The molecule has 0 aromatic heterocycles. The van der Waals surface area contributed by atoms with Gasteiger partial charge in [-0.1, -0.05) is 26.7 Å².